The van der Waals surface area contributed by atoms with Gasteiger partial charge < -0.3 is 4.90 Å². The second-order valence-corrected chi connectivity index (χ2v) is 7.53. The van der Waals surface area contributed by atoms with E-state index in [0.717, 1.165) is 63.2 Å². The van der Waals surface area contributed by atoms with Gasteiger partial charge in [-0.2, -0.15) is 5.10 Å². The molecule has 2 aliphatic rings. The number of hydrogen-bond donors (Lipinski definition) is 0. The first-order valence-corrected chi connectivity index (χ1v) is 9.66. The lowest BCUT2D eigenvalue weighted by atomic mass is 9.99. The fourth-order valence-electron chi connectivity index (χ4n) is 4.06. The highest BCUT2D eigenvalue weighted by Gasteiger charge is 2.30. The Labute approximate surface area is 149 Å². The van der Waals surface area contributed by atoms with Crippen molar-refractivity contribution >= 4 is 5.91 Å². The molecule has 0 bridgehead atoms. The van der Waals surface area contributed by atoms with E-state index in [4.69, 9.17) is 5.10 Å². The Morgan fingerprint density at radius 1 is 1.16 bits per heavy atom. The first-order chi connectivity index (χ1) is 12.2. The van der Waals surface area contributed by atoms with Crippen LogP contribution < -0.4 is 0 Å². The highest BCUT2D eigenvalue weighted by atomic mass is 16.2. The fourth-order valence-corrected chi connectivity index (χ4v) is 4.06. The normalized spacial score (nSPS) is 17.8. The molecule has 0 saturated carbocycles. The van der Waals surface area contributed by atoms with Crippen molar-refractivity contribution in [1.29, 1.82) is 0 Å². The van der Waals surface area contributed by atoms with Crippen LogP contribution in [0.2, 0.25) is 0 Å². The van der Waals surface area contributed by atoms with E-state index in [1.807, 2.05) is 9.58 Å². The lowest BCUT2D eigenvalue weighted by molar-refractivity contribution is 0.0689. The zero-order valence-corrected chi connectivity index (χ0v) is 15.3. The van der Waals surface area contributed by atoms with Gasteiger partial charge in [0.2, 0.25) is 0 Å². The van der Waals surface area contributed by atoms with Gasteiger partial charge in [-0.3, -0.25) is 4.79 Å². The van der Waals surface area contributed by atoms with Crippen molar-refractivity contribution in [2.24, 2.45) is 5.92 Å². The molecule has 132 valence electrons. The first-order valence-electron chi connectivity index (χ1n) is 9.66. The van der Waals surface area contributed by atoms with E-state index < -0.39 is 0 Å². The molecule has 1 fully saturated rings. The predicted molar refractivity (Wildman–Crippen MR) is 99.3 cm³/mol. The fraction of sp³-hybridized carbons (Fsp3) is 0.524. The van der Waals surface area contributed by atoms with E-state index in [2.05, 4.69) is 38.1 Å². The Kier molecular flexibility index (Phi) is 4.36. The summed E-state index contributed by atoms with van der Waals surface area (Å²) in [4.78, 5) is 15.1. The molecule has 2 heterocycles. The first kappa shape index (κ1) is 16.4. The maximum atomic E-state index is 13.1. The van der Waals surface area contributed by atoms with Gasteiger partial charge in [-0.1, -0.05) is 26.0 Å². The number of fused-ring (bicyclic) bond motifs is 1. The van der Waals surface area contributed by atoms with Gasteiger partial charge in [0.1, 0.15) is 0 Å². The number of amides is 1. The molecule has 1 saturated heterocycles. The molecule has 0 N–H and O–H groups in total. The van der Waals surface area contributed by atoms with Crippen molar-refractivity contribution in [2.45, 2.75) is 52.4 Å². The number of piperidine rings is 1. The summed E-state index contributed by atoms with van der Waals surface area (Å²) < 4.78 is 2.02. The summed E-state index contributed by atoms with van der Waals surface area (Å²) in [6.07, 6.45) is 6.36. The standard InChI is InChI=1S/C21H27N3O/c1-3-16-7-9-17(10-8-16)24-19-6-4-5-18(19)20(22-24)21(25)23-13-11-15(2)12-14-23/h7-10,15H,3-6,11-14H2,1-2H3. The molecule has 0 spiro atoms. The lowest BCUT2D eigenvalue weighted by Gasteiger charge is -2.29. The molecule has 0 unspecified atom stereocenters. The van der Waals surface area contributed by atoms with E-state index >= 15 is 0 Å². The number of aromatic nitrogens is 2. The topological polar surface area (TPSA) is 38.1 Å². The van der Waals surface area contributed by atoms with Gasteiger partial charge in [-0.05, 0) is 62.1 Å². The lowest BCUT2D eigenvalue weighted by Crippen LogP contribution is -2.38. The minimum absolute atomic E-state index is 0.133. The van der Waals surface area contributed by atoms with Crippen molar-refractivity contribution in [3.63, 3.8) is 0 Å². The van der Waals surface area contributed by atoms with Crippen molar-refractivity contribution in [2.75, 3.05) is 13.1 Å². The van der Waals surface area contributed by atoms with E-state index in [1.54, 1.807) is 0 Å². The van der Waals surface area contributed by atoms with Crippen LogP contribution in [0.25, 0.3) is 5.69 Å². The minimum atomic E-state index is 0.133. The van der Waals surface area contributed by atoms with Crippen LogP contribution in [0.15, 0.2) is 24.3 Å². The molecule has 1 aromatic carbocycles. The minimum Gasteiger partial charge on any atom is -0.337 e. The average Bonchev–Trinajstić information content (AvgIpc) is 3.24. The Hall–Kier alpha value is -2.10. The maximum absolute atomic E-state index is 13.1. The molecule has 4 rings (SSSR count). The van der Waals surface area contributed by atoms with Crippen LogP contribution in [0.5, 0.6) is 0 Å². The van der Waals surface area contributed by atoms with Gasteiger partial charge in [-0.15, -0.1) is 0 Å². The zero-order valence-electron chi connectivity index (χ0n) is 15.3. The Balaban J connectivity index is 1.66. The van der Waals surface area contributed by atoms with Crippen LogP contribution in [0.4, 0.5) is 0 Å². The zero-order chi connectivity index (χ0) is 17.4. The SMILES string of the molecule is CCc1ccc(-n2nc(C(=O)N3CCC(C)CC3)c3c2CCC3)cc1. The van der Waals surface area contributed by atoms with E-state index in [0.29, 0.717) is 5.69 Å². The summed E-state index contributed by atoms with van der Waals surface area (Å²) in [6, 6.07) is 8.57. The molecule has 1 aromatic heterocycles. The highest BCUT2D eigenvalue weighted by Crippen LogP contribution is 2.29. The number of carbonyl (C=O) groups excluding carboxylic acids is 1. The number of benzene rings is 1. The van der Waals surface area contributed by atoms with Crippen molar-refractivity contribution < 1.29 is 4.79 Å². The maximum Gasteiger partial charge on any atom is 0.274 e. The Morgan fingerprint density at radius 2 is 1.88 bits per heavy atom. The third kappa shape index (κ3) is 2.99. The molecule has 4 heteroatoms. The number of carbonyl (C=O) groups is 1. The third-order valence-electron chi connectivity index (χ3n) is 5.79. The van der Waals surface area contributed by atoms with Crippen LogP contribution in [-0.2, 0) is 19.3 Å². The second-order valence-electron chi connectivity index (χ2n) is 7.53. The van der Waals surface area contributed by atoms with Gasteiger partial charge in [-0.25, -0.2) is 4.68 Å². The number of hydrogen-bond acceptors (Lipinski definition) is 2. The molecule has 4 nitrogen and oxygen atoms in total. The van der Waals surface area contributed by atoms with Gasteiger partial charge >= 0.3 is 0 Å². The predicted octanol–water partition coefficient (Wildman–Crippen LogP) is 3.80. The molecule has 2 aromatic rings. The molecule has 0 atom stereocenters. The monoisotopic (exact) mass is 337 g/mol. The molecule has 1 aliphatic heterocycles. The van der Waals surface area contributed by atoms with Crippen LogP contribution in [0, 0.1) is 5.92 Å². The molecule has 25 heavy (non-hydrogen) atoms. The van der Waals surface area contributed by atoms with Gasteiger partial charge in [0.05, 0.1) is 5.69 Å². The molecule has 1 amide bonds. The summed E-state index contributed by atoms with van der Waals surface area (Å²) in [5.74, 6) is 0.860. The van der Waals surface area contributed by atoms with Crippen LogP contribution in [0.3, 0.4) is 0 Å². The van der Waals surface area contributed by atoms with Gasteiger partial charge in [0.25, 0.3) is 5.91 Å². The van der Waals surface area contributed by atoms with E-state index in [9.17, 15) is 4.79 Å². The summed E-state index contributed by atoms with van der Waals surface area (Å²) in [6.45, 7) is 6.17. The number of aryl methyl sites for hydroxylation is 1. The summed E-state index contributed by atoms with van der Waals surface area (Å²) in [5.41, 5.74) is 5.51. The molecular formula is C21H27N3O. The van der Waals surface area contributed by atoms with Crippen LogP contribution in [-0.4, -0.2) is 33.7 Å². The van der Waals surface area contributed by atoms with Crippen molar-refractivity contribution in [3.05, 3.63) is 46.8 Å². The Bertz CT molecular complexity index is 767. The van der Waals surface area contributed by atoms with Crippen molar-refractivity contribution in [3.8, 4) is 5.69 Å². The van der Waals surface area contributed by atoms with Crippen LogP contribution in [0.1, 0.15) is 60.4 Å². The van der Waals surface area contributed by atoms with Gasteiger partial charge in [0.15, 0.2) is 5.69 Å². The molecule has 1 aliphatic carbocycles. The number of likely N-dealkylation sites (tertiary alicyclic amines) is 1. The summed E-state index contributed by atoms with van der Waals surface area (Å²) in [5, 5.41) is 4.78. The number of rotatable bonds is 3. The van der Waals surface area contributed by atoms with Crippen molar-refractivity contribution in [1.82, 2.24) is 14.7 Å². The summed E-state index contributed by atoms with van der Waals surface area (Å²) in [7, 11) is 0. The third-order valence-corrected chi connectivity index (χ3v) is 5.79. The van der Waals surface area contributed by atoms with E-state index in [1.165, 1.54) is 16.8 Å². The van der Waals surface area contributed by atoms with Gasteiger partial charge in [0, 0.05) is 24.3 Å². The van der Waals surface area contributed by atoms with Crippen LogP contribution >= 0.6 is 0 Å². The quantitative estimate of drug-likeness (QED) is 0.854. The smallest absolute Gasteiger partial charge is 0.274 e. The second kappa shape index (κ2) is 6.66. The molecule has 0 radical (unpaired) electrons. The molecular weight excluding hydrogens is 310 g/mol. The highest BCUT2D eigenvalue weighted by molar-refractivity contribution is 5.94. The number of nitrogens with zero attached hydrogens (tertiary/aromatic N) is 3. The largest absolute Gasteiger partial charge is 0.337 e. The Morgan fingerprint density at radius 3 is 2.56 bits per heavy atom. The summed E-state index contributed by atoms with van der Waals surface area (Å²) >= 11 is 0. The van der Waals surface area contributed by atoms with E-state index in [-0.39, 0.29) is 5.91 Å². The average molecular weight is 337 g/mol.